The maximum atomic E-state index is 6.16. The molecule has 0 aliphatic carbocycles. The summed E-state index contributed by atoms with van der Waals surface area (Å²) in [5.41, 5.74) is 6.04. The minimum absolute atomic E-state index is 0.131. The monoisotopic (exact) mass is 421 g/mol. The lowest BCUT2D eigenvalue weighted by molar-refractivity contribution is 0.581. The summed E-state index contributed by atoms with van der Waals surface area (Å²) in [5.74, 6) is 4.02. The summed E-state index contributed by atoms with van der Waals surface area (Å²) < 4.78 is 6.16. The zero-order chi connectivity index (χ0) is 21.3. The lowest BCUT2D eigenvalue weighted by Crippen LogP contribution is -2.22. The first-order valence-corrected chi connectivity index (χ1v) is 12.6. The average molecular weight is 422 g/mol. The molecule has 1 aliphatic rings. The van der Waals surface area contributed by atoms with Crippen molar-refractivity contribution >= 4 is 10.9 Å². The van der Waals surface area contributed by atoms with Gasteiger partial charge < -0.3 is 4.42 Å². The van der Waals surface area contributed by atoms with Crippen molar-refractivity contribution in [2.45, 2.75) is 64.5 Å². The Morgan fingerprint density at radius 3 is 2.30 bits per heavy atom. The predicted molar refractivity (Wildman–Crippen MR) is 128 cm³/mol. The smallest absolute Gasteiger partial charge is 0.248 e. The number of benzene rings is 2. The van der Waals surface area contributed by atoms with Crippen LogP contribution in [-0.2, 0) is 22.7 Å². The largest absolute Gasteiger partial charge is 0.416 e. The Morgan fingerprint density at radius 1 is 0.967 bits per heavy atom. The molecule has 4 heteroatoms. The van der Waals surface area contributed by atoms with Gasteiger partial charge in [-0.2, -0.15) is 0 Å². The molecule has 0 radical (unpaired) electrons. The highest BCUT2D eigenvalue weighted by molar-refractivity contribution is 7.97. The van der Waals surface area contributed by atoms with Crippen LogP contribution in [0.4, 0.5) is 0 Å². The molecule has 1 saturated heterocycles. The van der Waals surface area contributed by atoms with E-state index in [1.165, 1.54) is 41.0 Å². The van der Waals surface area contributed by atoms with Gasteiger partial charge in [0, 0.05) is 17.5 Å². The predicted octanol–water partition coefficient (Wildman–Crippen LogP) is 6.35. The fourth-order valence-electron chi connectivity index (χ4n) is 4.14. The van der Waals surface area contributed by atoms with Crippen molar-refractivity contribution in [1.82, 2.24) is 10.2 Å². The molecular formula is C26H33N2OS+. The normalized spacial score (nSPS) is 16.2. The number of rotatable bonds is 5. The van der Waals surface area contributed by atoms with Gasteiger partial charge in [-0.1, -0.05) is 50.6 Å². The van der Waals surface area contributed by atoms with Crippen molar-refractivity contribution in [3.8, 4) is 22.9 Å². The van der Waals surface area contributed by atoms with E-state index in [1.807, 2.05) is 0 Å². The molecule has 158 valence electrons. The van der Waals surface area contributed by atoms with E-state index in [4.69, 9.17) is 4.42 Å². The van der Waals surface area contributed by atoms with Gasteiger partial charge in [-0.05, 0) is 72.3 Å². The molecule has 2 aromatic carbocycles. The van der Waals surface area contributed by atoms with Crippen LogP contribution in [0.25, 0.3) is 22.9 Å². The quantitative estimate of drug-likeness (QED) is 0.450. The number of aryl methyl sites for hydroxylation is 1. The van der Waals surface area contributed by atoms with Gasteiger partial charge in [-0.3, -0.25) is 0 Å². The van der Waals surface area contributed by atoms with Gasteiger partial charge >= 0.3 is 0 Å². The first-order valence-electron chi connectivity index (χ1n) is 11.0. The van der Waals surface area contributed by atoms with E-state index in [1.54, 1.807) is 0 Å². The van der Waals surface area contributed by atoms with Crippen molar-refractivity contribution in [2.75, 3.05) is 11.5 Å². The summed E-state index contributed by atoms with van der Waals surface area (Å²) in [6.07, 6.45) is 3.88. The summed E-state index contributed by atoms with van der Waals surface area (Å²) in [7, 11) is 0.557. The highest BCUT2D eigenvalue weighted by Gasteiger charge is 2.31. The standard InChI is InChI=1S/C26H33N2OS/c1-18-8-9-21(17-19(2)30-14-6-7-15-30)23(16-18)25-28-27-24(29-25)20-10-12-22(13-11-20)26(3,4)5/h8-13,16,19H,6-7,14-15,17H2,1-5H3/q+1. The maximum absolute atomic E-state index is 6.16. The molecule has 0 spiro atoms. The zero-order valence-corrected chi connectivity index (χ0v) is 19.7. The highest BCUT2D eigenvalue weighted by Crippen LogP contribution is 2.31. The fourth-order valence-corrected chi connectivity index (χ4v) is 6.71. The molecule has 3 aromatic rings. The van der Waals surface area contributed by atoms with Crippen LogP contribution < -0.4 is 0 Å². The van der Waals surface area contributed by atoms with E-state index in [2.05, 4.69) is 87.3 Å². The maximum Gasteiger partial charge on any atom is 0.248 e. The zero-order valence-electron chi connectivity index (χ0n) is 18.9. The van der Waals surface area contributed by atoms with Crippen LogP contribution in [0.3, 0.4) is 0 Å². The second-order valence-corrected chi connectivity index (χ2v) is 12.3. The Morgan fingerprint density at radius 2 is 1.63 bits per heavy atom. The molecule has 1 atom stereocenters. The van der Waals surface area contributed by atoms with Crippen molar-refractivity contribution in [3.05, 3.63) is 59.2 Å². The Labute approximate surface area is 183 Å². The van der Waals surface area contributed by atoms with Crippen molar-refractivity contribution in [1.29, 1.82) is 0 Å². The van der Waals surface area contributed by atoms with E-state index >= 15 is 0 Å². The first kappa shape index (κ1) is 21.2. The first-order chi connectivity index (χ1) is 14.3. The molecule has 0 amide bonds. The average Bonchev–Trinajstić information content (AvgIpc) is 3.41. The molecule has 1 fully saturated rings. The van der Waals surface area contributed by atoms with Gasteiger partial charge in [0.25, 0.3) is 0 Å². The third-order valence-corrected chi connectivity index (χ3v) is 8.99. The Kier molecular flexibility index (Phi) is 6.06. The molecular weight excluding hydrogens is 388 g/mol. The summed E-state index contributed by atoms with van der Waals surface area (Å²) >= 11 is 0. The molecule has 0 N–H and O–H groups in total. The van der Waals surface area contributed by atoms with Crippen molar-refractivity contribution in [3.63, 3.8) is 0 Å². The van der Waals surface area contributed by atoms with Crippen LogP contribution >= 0.6 is 0 Å². The Hall–Kier alpha value is -2.07. The molecule has 1 unspecified atom stereocenters. The van der Waals surface area contributed by atoms with Crippen molar-refractivity contribution < 1.29 is 4.42 Å². The van der Waals surface area contributed by atoms with Gasteiger partial charge in [0.1, 0.15) is 16.8 Å². The second-order valence-electron chi connectivity index (χ2n) is 9.57. The third kappa shape index (κ3) is 4.64. The lowest BCUT2D eigenvalue weighted by Gasteiger charge is -2.18. The molecule has 0 bridgehead atoms. The van der Waals surface area contributed by atoms with Crippen LogP contribution in [-0.4, -0.2) is 27.0 Å². The minimum atomic E-state index is 0.131. The van der Waals surface area contributed by atoms with Gasteiger partial charge in [0.05, 0.1) is 0 Å². The van der Waals surface area contributed by atoms with Crippen LogP contribution in [0.15, 0.2) is 46.9 Å². The van der Waals surface area contributed by atoms with E-state index in [-0.39, 0.29) is 5.41 Å². The van der Waals surface area contributed by atoms with Gasteiger partial charge in [-0.25, -0.2) is 0 Å². The summed E-state index contributed by atoms with van der Waals surface area (Å²) in [6, 6.07) is 15.1. The number of aromatic nitrogens is 2. The highest BCUT2D eigenvalue weighted by atomic mass is 32.2. The SMILES string of the molecule is Cc1ccc(CC(C)[S+]2CCCC2)c(-c2nnc(-c3ccc(C(C)(C)C)cc3)o2)c1. The number of hydrogen-bond donors (Lipinski definition) is 0. The van der Waals surface area contributed by atoms with Crippen LogP contribution in [0, 0.1) is 6.92 Å². The second kappa shape index (κ2) is 8.58. The Bertz CT molecular complexity index is 995. The van der Waals surface area contributed by atoms with Crippen LogP contribution in [0.1, 0.15) is 57.2 Å². The summed E-state index contributed by atoms with van der Waals surface area (Å²) in [4.78, 5) is 0. The number of hydrogen-bond acceptors (Lipinski definition) is 3. The van der Waals surface area contributed by atoms with Gasteiger partial charge in [-0.15, -0.1) is 10.2 Å². The lowest BCUT2D eigenvalue weighted by atomic mass is 9.87. The van der Waals surface area contributed by atoms with E-state index in [0.717, 1.165) is 17.5 Å². The molecule has 1 aliphatic heterocycles. The molecule has 1 aromatic heterocycles. The fraction of sp³-hybridized carbons (Fsp3) is 0.462. The summed E-state index contributed by atoms with van der Waals surface area (Å²) in [6.45, 7) is 11.2. The summed E-state index contributed by atoms with van der Waals surface area (Å²) in [5, 5.41) is 9.50. The minimum Gasteiger partial charge on any atom is -0.416 e. The van der Waals surface area contributed by atoms with Gasteiger partial charge in [0.2, 0.25) is 11.8 Å². The molecule has 2 heterocycles. The van der Waals surface area contributed by atoms with Crippen LogP contribution in [0.2, 0.25) is 0 Å². The van der Waals surface area contributed by atoms with Gasteiger partial charge in [0.15, 0.2) is 0 Å². The topological polar surface area (TPSA) is 38.9 Å². The van der Waals surface area contributed by atoms with E-state index < -0.39 is 0 Å². The van der Waals surface area contributed by atoms with Crippen molar-refractivity contribution in [2.24, 2.45) is 0 Å². The molecule has 3 nitrogen and oxygen atoms in total. The molecule has 30 heavy (non-hydrogen) atoms. The Balaban J connectivity index is 1.60. The van der Waals surface area contributed by atoms with Crippen LogP contribution in [0.5, 0.6) is 0 Å². The molecule has 4 rings (SSSR count). The van der Waals surface area contributed by atoms with E-state index in [0.29, 0.717) is 27.9 Å². The molecule has 0 saturated carbocycles. The number of nitrogens with zero attached hydrogens (tertiary/aromatic N) is 2. The van der Waals surface area contributed by atoms with E-state index in [9.17, 15) is 0 Å². The third-order valence-electron chi connectivity index (χ3n) is 6.06.